The summed E-state index contributed by atoms with van der Waals surface area (Å²) in [4.78, 5) is 2.18. The first-order valence-electron chi connectivity index (χ1n) is 5.49. The highest BCUT2D eigenvalue weighted by atomic mass is 32.2. The van der Waals surface area contributed by atoms with Crippen molar-refractivity contribution in [2.24, 2.45) is 5.92 Å². The van der Waals surface area contributed by atoms with Crippen molar-refractivity contribution in [1.82, 2.24) is 19.8 Å². The maximum atomic E-state index is 11.9. The zero-order valence-corrected chi connectivity index (χ0v) is 11.5. The van der Waals surface area contributed by atoms with Crippen LogP contribution in [0.1, 0.15) is 13.8 Å². The van der Waals surface area contributed by atoms with E-state index in [1.807, 2.05) is 19.0 Å². The summed E-state index contributed by atoms with van der Waals surface area (Å²) >= 11 is 0. The molecule has 0 spiro atoms. The molecule has 0 aliphatic heterocycles. The van der Waals surface area contributed by atoms with Gasteiger partial charge in [-0.15, -0.1) is 0 Å². The Bertz CT molecular complexity index is 417. The molecule has 0 radical (unpaired) electrons. The molecule has 0 aliphatic rings. The zero-order chi connectivity index (χ0) is 13.1. The minimum atomic E-state index is -3.45. The topological polar surface area (TPSA) is 78.1 Å². The molecule has 1 atom stereocenters. The third kappa shape index (κ3) is 3.79. The average molecular weight is 260 g/mol. The average Bonchev–Trinajstić information content (AvgIpc) is 2.69. The molecule has 6 nitrogen and oxygen atoms in total. The van der Waals surface area contributed by atoms with Gasteiger partial charge in [0.1, 0.15) is 4.90 Å². The molecule has 0 aliphatic carbocycles. The molecule has 0 amide bonds. The molecule has 1 rings (SSSR count). The number of hydrogen-bond donors (Lipinski definition) is 2. The predicted octanol–water partition coefficient (Wildman–Crippen LogP) is 0.274. The minimum absolute atomic E-state index is 0.164. The molecule has 0 saturated carbocycles. The van der Waals surface area contributed by atoms with Crippen LogP contribution in [-0.4, -0.2) is 50.2 Å². The van der Waals surface area contributed by atoms with Gasteiger partial charge in [0.05, 0.1) is 6.20 Å². The summed E-state index contributed by atoms with van der Waals surface area (Å²) in [6.07, 6.45) is 2.66. The highest BCUT2D eigenvalue weighted by Crippen LogP contribution is 2.09. The van der Waals surface area contributed by atoms with Gasteiger partial charge in [-0.1, -0.05) is 13.8 Å². The van der Waals surface area contributed by atoms with Crippen molar-refractivity contribution in [1.29, 1.82) is 0 Å². The summed E-state index contributed by atoms with van der Waals surface area (Å²) in [7, 11) is 0.433. The largest absolute Gasteiger partial charge is 0.305 e. The molecule has 7 heteroatoms. The summed E-state index contributed by atoms with van der Waals surface area (Å²) < 4.78 is 26.3. The van der Waals surface area contributed by atoms with Crippen molar-refractivity contribution < 1.29 is 8.42 Å². The minimum Gasteiger partial charge on any atom is -0.305 e. The van der Waals surface area contributed by atoms with Crippen molar-refractivity contribution in [2.75, 3.05) is 20.6 Å². The van der Waals surface area contributed by atoms with Crippen LogP contribution in [0.2, 0.25) is 0 Å². The molecule has 1 aromatic heterocycles. The first kappa shape index (κ1) is 14.1. The van der Waals surface area contributed by atoms with Crippen LogP contribution in [0.4, 0.5) is 0 Å². The molecule has 0 fully saturated rings. The van der Waals surface area contributed by atoms with Crippen molar-refractivity contribution in [3.05, 3.63) is 12.4 Å². The van der Waals surface area contributed by atoms with E-state index in [1.165, 1.54) is 12.4 Å². The lowest BCUT2D eigenvalue weighted by Gasteiger charge is -2.27. The summed E-state index contributed by atoms with van der Waals surface area (Å²) in [5.41, 5.74) is 0. The highest BCUT2D eigenvalue weighted by molar-refractivity contribution is 7.89. The fourth-order valence-electron chi connectivity index (χ4n) is 1.68. The van der Waals surface area contributed by atoms with Crippen LogP contribution < -0.4 is 4.72 Å². The van der Waals surface area contributed by atoms with Crippen molar-refractivity contribution >= 4 is 10.0 Å². The van der Waals surface area contributed by atoms with Gasteiger partial charge in [0.15, 0.2) is 0 Å². The fourth-order valence-corrected chi connectivity index (χ4v) is 2.64. The van der Waals surface area contributed by atoms with E-state index in [0.29, 0.717) is 12.5 Å². The Hall–Kier alpha value is -0.920. The zero-order valence-electron chi connectivity index (χ0n) is 10.6. The quantitative estimate of drug-likeness (QED) is 0.770. The monoisotopic (exact) mass is 260 g/mol. The standard InChI is InChI=1S/C10H20N4O2S/c1-8(2)10(14(3)4)7-13-17(15,16)9-5-11-12-6-9/h5-6,8,10,13H,7H2,1-4H3,(H,11,12). The molecular weight excluding hydrogens is 240 g/mol. The third-order valence-electron chi connectivity index (χ3n) is 2.70. The van der Waals surface area contributed by atoms with Crippen molar-refractivity contribution in [2.45, 2.75) is 24.8 Å². The first-order chi connectivity index (χ1) is 7.84. The van der Waals surface area contributed by atoms with E-state index in [-0.39, 0.29) is 10.9 Å². The Morgan fingerprint density at radius 2 is 2.12 bits per heavy atom. The molecular formula is C10H20N4O2S. The normalized spacial score (nSPS) is 14.5. The van der Waals surface area contributed by atoms with Gasteiger partial charge in [-0.3, -0.25) is 5.10 Å². The van der Waals surface area contributed by atoms with Gasteiger partial charge in [-0.2, -0.15) is 5.10 Å². The summed E-state index contributed by atoms with van der Waals surface area (Å²) in [5, 5.41) is 6.12. The number of aromatic nitrogens is 2. The van der Waals surface area contributed by atoms with Gasteiger partial charge >= 0.3 is 0 Å². The van der Waals surface area contributed by atoms with Crippen LogP contribution in [0.15, 0.2) is 17.3 Å². The molecule has 1 unspecified atom stereocenters. The number of nitrogens with zero attached hydrogens (tertiary/aromatic N) is 2. The number of nitrogens with one attached hydrogen (secondary N) is 2. The summed E-state index contributed by atoms with van der Waals surface area (Å²) in [6, 6.07) is 0.164. The SMILES string of the molecule is CC(C)C(CNS(=O)(=O)c1cn[nH]c1)N(C)C. The van der Waals surface area contributed by atoms with E-state index in [4.69, 9.17) is 0 Å². The molecule has 0 aromatic carbocycles. The summed E-state index contributed by atoms with van der Waals surface area (Å²) in [6.45, 7) is 4.52. The summed E-state index contributed by atoms with van der Waals surface area (Å²) in [5.74, 6) is 0.372. The molecule has 17 heavy (non-hydrogen) atoms. The predicted molar refractivity (Wildman–Crippen MR) is 66.1 cm³/mol. The molecule has 0 bridgehead atoms. The van der Waals surface area contributed by atoms with Gasteiger partial charge in [-0.05, 0) is 20.0 Å². The Balaban J connectivity index is 2.67. The number of H-pyrrole nitrogens is 1. The van der Waals surface area contributed by atoms with E-state index in [0.717, 1.165) is 0 Å². The number of hydrogen-bond acceptors (Lipinski definition) is 4. The van der Waals surface area contributed by atoms with Crippen molar-refractivity contribution in [3.8, 4) is 0 Å². The lowest BCUT2D eigenvalue weighted by molar-refractivity contribution is 0.233. The van der Waals surface area contributed by atoms with Gasteiger partial charge < -0.3 is 4.90 Å². The lowest BCUT2D eigenvalue weighted by atomic mass is 10.0. The van der Waals surface area contributed by atoms with Crippen LogP contribution in [-0.2, 0) is 10.0 Å². The van der Waals surface area contributed by atoms with Crippen LogP contribution in [0.5, 0.6) is 0 Å². The maximum absolute atomic E-state index is 11.9. The molecule has 98 valence electrons. The number of rotatable bonds is 6. The van der Waals surface area contributed by atoms with Gasteiger partial charge in [-0.25, -0.2) is 13.1 Å². The Morgan fingerprint density at radius 1 is 1.47 bits per heavy atom. The molecule has 1 aromatic rings. The van der Waals surface area contributed by atoms with Crippen LogP contribution in [0.3, 0.4) is 0 Å². The maximum Gasteiger partial charge on any atom is 0.243 e. The second kappa shape index (κ2) is 5.61. The van der Waals surface area contributed by atoms with Gasteiger partial charge in [0.25, 0.3) is 0 Å². The Morgan fingerprint density at radius 3 is 2.53 bits per heavy atom. The smallest absolute Gasteiger partial charge is 0.243 e. The van der Waals surface area contributed by atoms with E-state index >= 15 is 0 Å². The lowest BCUT2D eigenvalue weighted by Crippen LogP contribution is -2.43. The molecule has 0 saturated heterocycles. The van der Waals surface area contributed by atoms with E-state index in [1.54, 1.807) is 0 Å². The van der Waals surface area contributed by atoms with E-state index in [9.17, 15) is 8.42 Å². The number of sulfonamides is 1. The van der Waals surface area contributed by atoms with Gasteiger partial charge in [0, 0.05) is 18.8 Å². The number of likely N-dealkylation sites (N-methyl/N-ethyl adjacent to an activating group) is 1. The van der Waals surface area contributed by atoms with E-state index in [2.05, 4.69) is 28.8 Å². The Labute approximate surface area is 102 Å². The van der Waals surface area contributed by atoms with Crippen LogP contribution in [0, 0.1) is 5.92 Å². The number of aromatic amines is 1. The molecule has 1 heterocycles. The Kier molecular flexibility index (Phi) is 4.67. The fraction of sp³-hybridized carbons (Fsp3) is 0.700. The molecule has 2 N–H and O–H groups in total. The highest BCUT2D eigenvalue weighted by Gasteiger charge is 2.20. The van der Waals surface area contributed by atoms with Gasteiger partial charge in [0.2, 0.25) is 10.0 Å². The second-order valence-electron chi connectivity index (χ2n) is 4.56. The van der Waals surface area contributed by atoms with Crippen LogP contribution in [0.25, 0.3) is 0 Å². The van der Waals surface area contributed by atoms with Crippen molar-refractivity contribution in [3.63, 3.8) is 0 Å². The second-order valence-corrected chi connectivity index (χ2v) is 6.33. The third-order valence-corrected chi connectivity index (χ3v) is 4.09. The van der Waals surface area contributed by atoms with E-state index < -0.39 is 10.0 Å². The first-order valence-corrected chi connectivity index (χ1v) is 6.98. The van der Waals surface area contributed by atoms with Crippen LogP contribution >= 0.6 is 0 Å².